The second kappa shape index (κ2) is 5.99. The minimum Gasteiger partial charge on any atom is -0.388 e. The highest BCUT2D eigenvalue weighted by molar-refractivity contribution is 9.10. The van der Waals surface area contributed by atoms with Gasteiger partial charge in [-0.3, -0.25) is 0 Å². The first-order valence-corrected chi connectivity index (χ1v) is 6.71. The Morgan fingerprint density at radius 1 is 1.16 bits per heavy atom. The first-order chi connectivity index (χ1) is 8.97. The van der Waals surface area contributed by atoms with Crippen molar-refractivity contribution < 1.29 is 13.9 Å². The van der Waals surface area contributed by atoms with Crippen LogP contribution in [0, 0.1) is 11.6 Å². The molecule has 0 amide bonds. The van der Waals surface area contributed by atoms with Crippen LogP contribution in [0.1, 0.15) is 17.2 Å². The number of hydrogen-bond acceptors (Lipinski definition) is 1. The summed E-state index contributed by atoms with van der Waals surface area (Å²) in [4.78, 5) is 0. The molecule has 1 unspecified atom stereocenters. The average Bonchev–Trinajstić information content (AvgIpc) is 2.31. The molecular formula is C14H10BrClF2O. The minimum absolute atomic E-state index is 0.0881. The van der Waals surface area contributed by atoms with Gasteiger partial charge in [0.1, 0.15) is 11.6 Å². The highest BCUT2D eigenvalue weighted by Crippen LogP contribution is 2.31. The van der Waals surface area contributed by atoms with E-state index in [1.807, 2.05) is 0 Å². The zero-order chi connectivity index (χ0) is 14.0. The van der Waals surface area contributed by atoms with E-state index >= 15 is 0 Å². The van der Waals surface area contributed by atoms with Crippen LogP contribution in [0.5, 0.6) is 0 Å². The molecule has 0 fully saturated rings. The van der Waals surface area contributed by atoms with E-state index in [0.29, 0.717) is 20.6 Å². The lowest BCUT2D eigenvalue weighted by atomic mass is 10.0. The lowest BCUT2D eigenvalue weighted by Crippen LogP contribution is -2.03. The van der Waals surface area contributed by atoms with Gasteiger partial charge in [0, 0.05) is 22.5 Å². The van der Waals surface area contributed by atoms with Gasteiger partial charge < -0.3 is 5.11 Å². The second-order valence-electron chi connectivity index (χ2n) is 4.14. The fourth-order valence-corrected chi connectivity index (χ4v) is 2.47. The van der Waals surface area contributed by atoms with Crippen molar-refractivity contribution in [3.05, 3.63) is 68.7 Å². The van der Waals surface area contributed by atoms with E-state index in [-0.39, 0.29) is 6.42 Å². The van der Waals surface area contributed by atoms with Crippen molar-refractivity contribution >= 4 is 27.5 Å². The van der Waals surface area contributed by atoms with Crippen LogP contribution in [0.15, 0.2) is 40.9 Å². The zero-order valence-electron chi connectivity index (χ0n) is 9.71. The number of benzene rings is 2. The highest BCUT2D eigenvalue weighted by atomic mass is 79.9. The normalized spacial score (nSPS) is 12.5. The maximum absolute atomic E-state index is 13.1. The molecule has 0 bridgehead atoms. The number of aliphatic hydroxyl groups excluding tert-OH is 1. The molecular weight excluding hydrogens is 338 g/mol. The molecule has 0 aliphatic heterocycles. The van der Waals surface area contributed by atoms with Gasteiger partial charge in [-0.05, 0) is 39.7 Å². The highest BCUT2D eigenvalue weighted by Gasteiger charge is 2.15. The third-order valence-corrected chi connectivity index (χ3v) is 4.00. The van der Waals surface area contributed by atoms with Crippen molar-refractivity contribution in [1.82, 2.24) is 0 Å². The summed E-state index contributed by atoms with van der Waals surface area (Å²) in [6, 6.07) is 8.34. The molecule has 1 nitrogen and oxygen atoms in total. The summed E-state index contributed by atoms with van der Waals surface area (Å²) in [6.07, 6.45) is -0.837. The molecule has 19 heavy (non-hydrogen) atoms. The smallest absolute Gasteiger partial charge is 0.126 e. The molecule has 0 spiro atoms. The van der Waals surface area contributed by atoms with Gasteiger partial charge in [-0.25, -0.2) is 8.78 Å². The Morgan fingerprint density at radius 2 is 1.79 bits per heavy atom. The predicted molar refractivity (Wildman–Crippen MR) is 74.2 cm³/mol. The second-order valence-corrected chi connectivity index (χ2v) is 5.37. The first-order valence-electron chi connectivity index (χ1n) is 5.54. The lowest BCUT2D eigenvalue weighted by molar-refractivity contribution is 0.178. The quantitative estimate of drug-likeness (QED) is 0.856. The maximum Gasteiger partial charge on any atom is 0.126 e. The Hall–Kier alpha value is -0.970. The standard InChI is InChI=1S/C14H10BrClF2O/c15-12-3-1-2-11(14(12)16)13(19)6-8-4-9(17)7-10(18)5-8/h1-5,7,13,19H,6H2. The maximum atomic E-state index is 13.1. The van der Waals surface area contributed by atoms with E-state index in [9.17, 15) is 13.9 Å². The molecule has 0 aliphatic carbocycles. The van der Waals surface area contributed by atoms with Crippen LogP contribution in [0.2, 0.25) is 5.02 Å². The van der Waals surface area contributed by atoms with E-state index in [1.165, 1.54) is 12.1 Å². The van der Waals surface area contributed by atoms with Gasteiger partial charge in [-0.2, -0.15) is 0 Å². The Kier molecular flexibility index (Phi) is 4.55. The largest absolute Gasteiger partial charge is 0.388 e. The third-order valence-electron chi connectivity index (χ3n) is 2.69. The Bertz CT molecular complexity index is 584. The molecule has 2 rings (SSSR count). The van der Waals surface area contributed by atoms with Crippen molar-refractivity contribution in [2.24, 2.45) is 0 Å². The van der Waals surface area contributed by atoms with Crippen molar-refractivity contribution in [1.29, 1.82) is 0 Å². The number of aliphatic hydroxyl groups is 1. The molecule has 0 aromatic heterocycles. The fourth-order valence-electron chi connectivity index (χ4n) is 1.84. The van der Waals surface area contributed by atoms with Crippen LogP contribution in [0.3, 0.4) is 0 Å². The molecule has 100 valence electrons. The number of rotatable bonds is 3. The fraction of sp³-hybridized carbons (Fsp3) is 0.143. The molecule has 2 aromatic carbocycles. The molecule has 5 heteroatoms. The lowest BCUT2D eigenvalue weighted by Gasteiger charge is -2.13. The van der Waals surface area contributed by atoms with Crippen molar-refractivity contribution in [2.45, 2.75) is 12.5 Å². The van der Waals surface area contributed by atoms with Crippen LogP contribution >= 0.6 is 27.5 Å². The van der Waals surface area contributed by atoms with Gasteiger partial charge in [0.25, 0.3) is 0 Å². The summed E-state index contributed by atoms with van der Waals surface area (Å²) in [5.74, 6) is -1.33. The van der Waals surface area contributed by atoms with Gasteiger partial charge in [-0.1, -0.05) is 23.7 Å². The SMILES string of the molecule is OC(Cc1cc(F)cc(F)c1)c1cccc(Br)c1Cl. The molecule has 0 heterocycles. The summed E-state index contributed by atoms with van der Waals surface area (Å²) in [6.45, 7) is 0. The van der Waals surface area contributed by atoms with Crippen LogP contribution in [0.4, 0.5) is 8.78 Å². The van der Waals surface area contributed by atoms with Gasteiger partial charge in [-0.15, -0.1) is 0 Å². The van der Waals surface area contributed by atoms with E-state index in [1.54, 1.807) is 18.2 Å². The Morgan fingerprint density at radius 3 is 2.42 bits per heavy atom. The molecule has 2 aromatic rings. The minimum atomic E-state index is -0.925. The van der Waals surface area contributed by atoms with Crippen molar-refractivity contribution in [3.8, 4) is 0 Å². The Balaban J connectivity index is 2.25. The van der Waals surface area contributed by atoms with Gasteiger partial charge in [0.15, 0.2) is 0 Å². The average molecular weight is 348 g/mol. The summed E-state index contributed by atoms with van der Waals surface area (Å²) < 4.78 is 26.8. The molecule has 0 aliphatic rings. The zero-order valence-corrected chi connectivity index (χ0v) is 12.0. The van der Waals surface area contributed by atoms with Crippen LogP contribution < -0.4 is 0 Å². The number of hydrogen-bond donors (Lipinski definition) is 1. The van der Waals surface area contributed by atoms with Gasteiger partial charge in [0.05, 0.1) is 11.1 Å². The Labute approximate surface area is 123 Å². The molecule has 1 N–H and O–H groups in total. The van der Waals surface area contributed by atoms with E-state index in [4.69, 9.17) is 11.6 Å². The predicted octanol–water partition coefficient (Wildman–Crippen LogP) is 4.66. The van der Waals surface area contributed by atoms with Crippen LogP contribution in [0.25, 0.3) is 0 Å². The number of halogens is 4. The van der Waals surface area contributed by atoms with Gasteiger partial charge in [0.2, 0.25) is 0 Å². The van der Waals surface area contributed by atoms with Crippen LogP contribution in [-0.4, -0.2) is 5.11 Å². The molecule has 0 radical (unpaired) electrons. The third kappa shape index (κ3) is 3.53. The summed E-state index contributed by atoms with van der Waals surface area (Å²) >= 11 is 9.32. The van der Waals surface area contributed by atoms with E-state index in [0.717, 1.165) is 6.07 Å². The summed E-state index contributed by atoms with van der Waals surface area (Å²) in [7, 11) is 0. The van der Waals surface area contributed by atoms with Crippen molar-refractivity contribution in [3.63, 3.8) is 0 Å². The van der Waals surface area contributed by atoms with Crippen LogP contribution in [-0.2, 0) is 6.42 Å². The van der Waals surface area contributed by atoms with E-state index < -0.39 is 17.7 Å². The van der Waals surface area contributed by atoms with E-state index in [2.05, 4.69) is 15.9 Å². The summed E-state index contributed by atoms with van der Waals surface area (Å²) in [5.41, 5.74) is 0.891. The van der Waals surface area contributed by atoms with Crippen molar-refractivity contribution in [2.75, 3.05) is 0 Å². The topological polar surface area (TPSA) is 20.2 Å². The summed E-state index contributed by atoms with van der Waals surface area (Å²) in [5, 5.41) is 10.5. The van der Waals surface area contributed by atoms with Gasteiger partial charge >= 0.3 is 0 Å². The molecule has 1 atom stereocenters. The molecule has 0 saturated carbocycles. The molecule has 0 saturated heterocycles. The monoisotopic (exact) mass is 346 g/mol. The first kappa shape index (κ1) is 14.4.